The Morgan fingerprint density at radius 2 is 1.82 bits per heavy atom. The van der Waals surface area contributed by atoms with Gasteiger partial charge in [-0.1, -0.05) is 26.7 Å². The Balaban J connectivity index is 1.55. The highest BCUT2D eigenvalue weighted by atomic mass is 32.2. The number of aryl methyl sites for hydroxylation is 2. The molecule has 1 heterocycles. The van der Waals surface area contributed by atoms with Crippen molar-refractivity contribution in [1.29, 1.82) is 0 Å². The Hall–Kier alpha value is -2.46. The maximum Gasteiger partial charge on any atom is 0.243 e. The predicted octanol–water partition coefficient (Wildman–Crippen LogP) is 2.10. The first-order valence-corrected chi connectivity index (χ1v) is 13.2. The molecule has 2 amide bonds. The second-order valence-electron chi connectivity index (χ2n) is 8.48. The summed E-state index contributed by atoms with van der Waals surface area (Å²) >= 11 is 0. The molecule has 0 saturated heterocycles. The predicted molar refractivity (Wildman–Crippen MR) is 127 cm³/mol. The molecule has 1 aliphatic rings. The highest BCUT2D eigenvalue weighted by Crippen LogP contribution is 2.23. The van der Waals surface area contributed by atoms with Gasteiger partial charge in [0.25, 0.3) is 0 Å². The van der Waals surface area contributed by atoms with Crippen LogP contribution in [-0.4, -0.2) is 59.8 Å². The minimum atomic E-state index is -3.56. The van der Waals surface area contributed by atoms with E-state index in [-0.39, 0.29) is 35.6 Å². The molecule has 1 fully saturated rings. The second kappa shape index (κ2) is 11.1. The first-order valence-electron chi connectivity index (χ1n) is 11.8. The molecule has 9 nitrogen and oxygen atoms in total. The fourth-order valence-electron chi connectivity index (χ4n) is 4.33. The van der Waals surface area contributed by atoms with E-state index < -0.39 is 10.0 Å². The van der Waals surface area contributed by atoms with E-state index in [2.05, 4.69) is 15.6 Å². The Morgan fingerprint density at radius 3 is 2.48 bits per heavy atom. The molecule has 2 aromatic rings. The smallest absolute Gasteiger partial charge is 0.243 e. The van der Waals surface area contributed by atoms with Crippen LogP contribution in [0.2, 0.25) is 0 Å². The lowest BCUT2D eigenvalue weighted by Gasteiger charge is -2.18. The molecule has 33 heavy (non-hydrogen) atoms. The summed E-state index contributed by atoms with van der Waals surface area (Å²) in [7, 11) is -1.70. The number of nitrogens with zero attached hydrogens (tertiary/aromatic N) is 3. The first-order chi connectivity index (χ1) is 15.8. The number of rotatable bonds is 11. The van der Waals surface area contributed by atoms with Gasteiger partial charge in [0.1, 0.15) is 5.82 Å². The number of benzene rings is 1. The summed E-state index contributed by atoms with van der Waals surface area (Å²) in [4.78, 5) is 29.0. The number of aromatic nitrogens is 2. The number of sulfonamides is 1. The van der Waals surface area contributed by atoms with Crippen LogP contribution in [0.4, 0.5) is 0 Å². The van der Waals surface area contributed by atoms with Gasteiger partial charge >= 0.3 is 0 Å². The van der Waals surface area contributed by atoms with Gasteiger partial charge in [0.15, 0.2) is 0 Å². The van der Waals surface area contributed by atoms with Gasteiger partial charge in [-0.15, -0.1) is 0 Å². The van der Waals surface area contributed by atoms with E-state index in [1.54, 1.807) is 18.2 Å². The maximum absolute atomic E-state index is 12.8. The molecule has 0 radical (unpaired) electrons. The van der Waals surface area contributed by atoms with Crippen molar-refractivity contribution in [2.24, 2.45) is 7.05 Å². The van der Waals surface area contributed by atoms with Gasteiger partial charge in [-0.3, -0.25) is 9.59 Å². The number of imidazole rings is 1. The summed E-state index contributed by atoms with van der Waals surface area (Å²) < 4.78 is 28.9. The number of carbonyl (C=O) groups excluding carboxylic acids is 2. The Kier molecular flexibility index (Phi) is 8.47. The lowest BCUT2D eigenvalue weighted by molar-refractivity contribution is -0.122. The fraction of sp³-hybridized carbons (Fsp3) is 0.609. The van der Waals surface area contributed by atoms with Crippen molar-refractivity contribution in [2.75, 3.05) is 19.6 Å². The Bertz CT molecular complexity index is 1090. The topological polar surface area (TPSA) is 113 Å². The van der Waals surface area contributed by atoms with Crippen molar-refractivity contribution in [1.82, 2.24) is 24.5 Å². The van der Waals surface area contributed by atoms with Crippen LogP contribution in [-0.2, 0) is 33.1 Å². The third kappa shape index (κ3) is 6.11. The standard InChI is InChI=1S/C23H35N5O4S/c1-4-28(5-2)33(31,32)18-10-11-20-19(16-18)26-21(27(20)3)12-13-22(29)24-15-14-23(30)25-17-8-6-7-9-17/h10-11,16-17H,4-9,12-15H2,1-3H3,(H,24,29)(H,25,30). The SMILES string of the molecule is CCN(CC)S(=O)(=O)c1ccc2c(c1)nc(CCC(=O)NCCC(=O)NC1CCCC1)n2C. The van der Waals surface area contributed by atoms with Gasteiger partial charge < -0.3 is 15.2 Å². The lowest BCUT2D eigenvalue weighted by atomic mass is 10.2. The van der Waals surface area contributed by atoms with Crippen molar-refractivity contribution in [3.63, 3.8) is 0 Å². The van der Waals surface area contributed by atoms with E-state index in [4.69, 9.17) is 0 Å². The molecule has 1 aliphatic carbocycles. The van der Waals surface area contributed by atoms with Crippen molar-refractivity contribution in [3.05, 3.63) is 24.0 Å². The highest BCUT2D eigenvalue weighted by molar-refractivity contribution is 7.89. The van der Waals surface area contributed by atoms with Gasteiger partial charge in [-0.25, -0.2) is 13.4 Å². The number of hydrogen-bond acceptors (Lipinski definition) is 5. The largest absolute Gasteiger partial charge is 0.356 e. The van der Waals surface area contributed by atoms with Crippen LogP contribution < -0.4 is 10.6 Å². The molecule has 1 aromatic carbocycles. The van der Waals surface area contributed by atoms with Crippen LogP contribution in [0.5, 0.6) is 0 Å². The zero-order valence-corrected chi connectivity index (χ0v) is 20.6. The van der Waals surface area contributed by atoms with Gasteiger partial charge in [-0.2, -0.15) is 4.31 Å². The first kappa shape index (κ1) is 25.2. The summed E-state index contributed by atoms with van der Waals surface area (Å²) in [5.41, 5.74) is 1.40. The van der Waals surface area contributed by atoms with E-state index in [1.807, 2.05) is 25.5 Å². The zero-order chi connectivity index (χ0) is 24.0. The summed E-state index contributed by atoms with van der Waals surface area (Å²) in [6.45, 7) is 4.74. The molecule has 10 heteroatoms. The summed E-state index contributed by atoms with van der Waals surface area (Å²) in [5, 5.41) is 5.81. The average molecular weight is 478 g/mol. The van der Waals surface area contributed by atoms with Gasteiger partial charge in [0.05, 0.1) is 15.9 Å². The fourth-order valence-corrected chi connectivity index (χ4v) is 5.80. The van der Waals surface area contributed by atoms with E-state index >= 15 is 0 Å². The third-order valence-corrected chi connectivity index (χ3v) is 8.30. The maximum atomic E-state index is 12.8. The van der Waals surface area contributed by atoms with Crippen molar-refractivity contribution in [3.8, 4) is 0 Å². The summed E-state index contributed by atoms with van der Waals surface area (Å²) in [6, 6.07) is 5.24. The summed E-state index contributed by atoms with van der Waals surface area (Å²) in [6.07, 6.45) is 5.35. The van der Waals surface area contributed by atoms with E-state index in [9.17, 15) is 18.0 Å². The van der Waals surface area contributed by atoms with Crippen LogP contribution >= 0.6 is 0 Å². The molecule has 0 spiro atoms. The molecular weight excluding hydrogens is 442 g/mol. The molecule has 182 valence electrons. The van der Waals surface area contributed by atoms with Crippen LogP contribution in [0.15, 0.2) is 23.1 Å². The van der Waals surface area contributed by atoms with E-state index in [0.717, 1.165) is 31.2 Å². The van der Waals surface area contributed by atoms with Crippen LogP contribution in [0.25, 0.3) is 11.0 Å². The van der Waals surface area contributed by atoms with Gasteiger partial charge in [0, 0.05) is 52.0 Å². The lowest BCUT2D eigenvalue weighted by Crippen LogP contribution is -2.35. The van der Waals surface area contributed by atoms with Gasteiger partial charge in [0.2, 0.25) is 21.8 Å². The molecule has 0 bridgehead atoms. The van der Waals surface area contributed by atoms with Crippen molar-refractivity contribution in [2.45, 2.75) is 69.7 Å². The van der Waals surface area contributed by atoms with E-state index in [1.165, 1.54) is 4.31 Å². The third-order valence-electron chi connectivity index (χ3n) is 6.26. The summed E-state index contributed by atoms with van der Waals surface area (Å²) in [5.74, 6) is 0.546. The normalized spacial score (nSPS) is 14.8. The number of amides is 2. The van der Waals surface area contributed by atoms with E-state index in [0.29, 0.717) is 37.4 Å². The monoisotopic (exact) mass is 477 g/mol. The zero-order valence-electron chi connectivity index (χ0n) is 19.8. The molecule has 3 rings (SSSR count). The highest BCUT2D eigenvalue weighted by Gasteiger charge is 2.23. The molecule has 0 unspecified atom stereocenters. The van der Waals surface area contributed by atoms with Crippen molar-refractivity contribution >= 4 is 32.9 Å². The van der Waals surface area contributed by atoms with Crippen molar-refractivity contribution < 1.29 is 18.0 Å². The quantitative estimate of drug-likeness (QED) is 0.515. The minimum absolute atomic E-state index is 0.0204. The Labute approximate surface area is 196 Å². The minimum Gasteiger partial charge on any atom is -0.356 e. The molecule has 1 saturated carbocycles. The number of nitrogens with one attached hydrogen (secondary N) is 2. The number of fused-ring (bicyclic) bond motifs is 1. The molecule has 2 N–H and O–H groups in total. The average Bonchev–Trinajstić information content (AvgIpc) is 3.40. The molecule has 1 aromatic heterocycles. The van der Waals surface area contributed by atoms with Crippen LogP contribution in [0.1, 0.15) is 58.2 Å². The molecular formula is C23H35N5O4S. The second-order valence-corrected chi connectivity index (χ2v) is 10.4. The Morgan fingerprint density at radius 1 is 1.12 bits per heavy atom. The van der Waals surface area contributed by atoms with Crippen LogP contribution in [0, 0.1) is 0 Å². The van der Waals surface area contributed by atoms with Crippen LogP contribution in [0.3, 0.4) is 0 Å². The number of hydrogen-bond donors (Lipinski definition) is 2. The number of carbonyl (C=O) groups is 2. The van der Waals surface area contributed by atoms with Gasteiger partial charge in [-0.05, 0) is 31.0 Å². The molecule has 0 aliphatic heterocycles. The molecule has 0 atom stereocenters.